The van der Waals surface area contributed by atoms with E-state index in [0.29, 0.717) is 48.7 Å². The van der Waals surface area contributed by atoms with Gasteiger partial charge in [-0.25, -0.2) is 4.79 Å². The lowest BCUT2D eigenvalue weighted by Crippen LogP contribution is -2.39. The van der Waals surface area contributed by atoms with Crippen molar-refractivity contribution in [3.8, 4) is 11.5 Å². The van der Waals surface area contributed by atoms with Crippen LogP contribution in [0.3, 0.4) is 0 Å². The minimum Gasteiger partial charge on any atom is -0.493 e. The van der Waals surface area contributed by atoms with E-state index in [1.54, 1.807) is 18.2 Å². The van der Waals surface area contributed by atoms with Gasteiger partial charge < -0.3 is 9.47 Å². The summed E-state index contributed by atoms with van der Waals surface area (Å²) in [6.45, 7) is 14.7. The van der Waals surface area contributed by atoms with Crippen LogP contribution in [0, 0.1) is 13.8 Å². The van der Waals surface area contributed by atoms with Gasteiger partial charge in [0, 0.05) is 12.8 Å². The molecule has 2 aromatic rings. The van der Waals surface area contributed by atoms with Crippen molar-refractivity contribution in [3.05, 3.63) is 58.1 Å². The lowest BCUT2D eigenvalue weighted by atomic mass is 9.82. The lowest BCUT2D eigenvalue weighted by Gasteiger charge is -2.28. The first kappa shape index (κ1) is 28.1. The van der Waals surface area contributed by atoms with Crippen LogP contribution in [0.25, 0.3) is 0 Å². The number of carbonyl (C=O) groups is 2. The first-order chi connectivity index (χ1) is 17.0. The molecule has 1 unspecified atom stereocenters. The molecule has 0 amide bonds. The van der Waals surface area contributed by atoms with Gasteiger partial charge >= 0.3 is 13.3 Å². The Morgan fingerprint density at radius 1 is 0.889 bits per heavy atom. The van der Waals surface area contributed by atoms with Gasteiger partial charge in [0.2, 0.25) is 10.9 Å². The summed E-state index contributed by atoms with van der Waals surface area (Å²) in [5.41, 5.74) is 3.01. The van der Waals surface area contributed by atoms with Gasteiger partial charge in [0.1, 0.15) is 17.1 Å². The monoisotopic (exact) mass is 511 g/mol. The first-order valence-electron chi connectivity index (χ1n) is 13.0. The number of Topliss-reactive ketones (excluding diaryl/α,β-unsaturated/α-hetero) is 1. The molecule has 5 nitrogen and oxygen atoms in total. The maximum absolute atomic E-state index is 14.3. The smallest absolute Gasteiger partial charge is 0.434 e. The van der Waals surface area contributed by atoms with Crippen LogP contribution < -0.4 is 9.47 Å². The molecule has 0 spiro atoms. The normalized spacial score (nSPS) is 15.8. The largest absolute Gasteiger partial charge is 0.493 e. The van der Waals surface area contributed by atoms with Crippen molar-refractivity contribution in [3.63, 3.8) is 0 Å². The van der Waals surface area contributed by atoms with E-state index in [-0.39, 0.29) is 11.2 Å². The van der Waals surface area contributed by atoms with Gasteiger partial charge in [-0.15, -0.1) is 0 Å². The van der Waals surface area contributed by atoms with Gasteiger partial charge in [0.05, 0.1) is 18.8 Å². The van der Waals surface area contributed by atoms with E-state index >= 15 is 0 Å². The molecule has 36 heavy (non-hydrogen) atoms. The maximum Gasteiger partial charge on any atom is 0.434 e. The van der Waals surface area contributed by atoms with Crippen molar-refractivity contribution < 1.29 is 23.6 Å². The van der Waals surface area contributed by atoms with E-state index in [9.17, 15) is 14.2 Å². The molecule has 0 bridgehead atoms. The Kier molecular flexibility index (Phi) is 8.77. The van der Waals surface area contributed by atoms with E-state index < -0.39 is 18.5 Å². The highest BCUT2D eigenvalue weighted by Crippen LogP contribution is 2.54. The minimum absolute atomic E-state index is 0.0709. The van der Waals surface area contributed by atoms with Crippen LogP contribution in [0.2, 0.25) is 0 Å². The van der Waals surface area contributed by atoms with Crippen LogP contribution in [0.15, 0.2) is 30.3 Å². The van der Waals surface area contributed by atoms with Crippen molar-refractivity contribution in [1.29, 1.82) is 0 Å². The van der Waals surface area contributed by atoms with Crippen molar-refractivity contribution >= 4 is 19.1 Å². The quantitative estimate of drug-likeness (QED) is 0.252. The summed E-state index contributed by atoms with van der Waals surface area (Å²) in [5.74, 6) is 0.526. The maximum atomic E-state index is 14.3. The first-order valence-corrected chi connectivity index (χ1v) is 14.3. The second-order valence-electron chi connectivity index (χ2n) is 10.8. The summed E-state index contributed by atoms with van der Waals surface area (Å²) >= 11 is 0. The van der Waals surface area contributed by atoms with Gasteiger partial charge in [0.25, 0.3) is 0 Å². The standard InChI is InChI=1S/C30H40O5P/c1-8-34-23-14-13-15-24(35-9-2)26(23)27(31)30(16-11-10-12-17-30)36(33)28(32)25-20(3)18-22(19-21(25)4)29(5,6)7/h13-15,18-19H,8-12,16-17H2,1-7H3/q+1. The second-order valence-corrected chi connectivity index (χ2v) is 12.6. The fourth-order valence-corrected chi connectivity index (χ4v) is 7.17. The Hall–Kier alpha value is -2.52. The van der Waals surface area contributed by atoms with Crippen molar-refractivity contribution in [2.75, 3.05) is 13.2 Å². The molecule has 6 heteroatoms. The highest BCUT2D eigenvalue weighted by molar-refractivity contribution is 7.67. The fraction of sp³-hybridized carbons (Fsp3) is 0.533. The van der Waals surface area contributed by atoms with Crippen LogP contribution in [-0.2, 0) is 9.98 Å². The fourth-order valence-electron chi connectivity index (χ4n) is 5.21. The van der Waals surface area contributed by atoms with Crippen molar-refractivity contribution in [2.45, 2.75) is 91.1 Å². The molecule has 0 radical (unpaired) electrons. The Bertz CT molecular complexity index is 1110. The third-order valence-corrected chi connectivity index (χ3v) is 9.12. The topological polar surface area (TPSA) is 69.7 Å². The zero-order valence-corrected chi connectivity index (χ0v) is 23.7. The Labute approximate surface area is 216 Å². The van der Waals surface area contributed by atoms with Crippen LogP contribution in [-0.4, -0.2) is 29.7 Å². The number of rotatable bonds is 9. The van der Waals surface area contributed by atoms with E-state index in [0.717, 1.165) is 36.0 Å². The van der Waals surface area contributed by atoms with Crippen LogP contribution in [0.4, 0.5) is 0 Å². The molecule has 0 aliphatic heterocycles. The van der Waals surface area contributed by atoms with Gasteiger partial charge in [0.15, 0.2) is 0 Å². The van der Waals surface area contributed by atoms with E-state index in [2.05, 4.69) is 20.8 Å². The minimum atomic E-state index is -2.55. The summed E-state index contributed by atoms with van der Waals surface area (Å²) in [4.78, 5) is 28.3. The number of hydrogen-bond donors (Lipinski definition) is 0. The predicted molar refractivity (Wildman–Crippen MR) is 145 cm³/mol. The average molecular weight is 512 g/mol. The lowest BCUT2D eigenvalue weighted by molar-refractivity contribution is 0.0895. The molecule has 1 atom stereocenters. The molecule has 194 valence electrons. The third-order valence-electron chi connectivity index (χ3n) is 7.10. The summed E-state index contributed by atoms with van der Waals surface area (Å²) < 4.78 is 25.9. The molecule has 2 aromatic carbocycles. The van der Waals surface area contributed by atoms with Gasteiger partial charge in [-0.05, 0) is 74.8 Å². The molecule has 0 saturated heterocycles. The summed E-state index contributed by atoms with van der Waals surface area (Å²) in [7, 11) is -2.55. The van der Waals surface area contributed by atoms with E-state index in [1.807, 2.05) is 39.8 Å². The van der Waals surface area contributed by atoms with Gasteiger partial charge in [-0.2, -0.15) is 0 Å². The van der Waals surface area contributed by atoms with Crippen LogP contribution in [0.5, 0.6) is 11.5 Å². The molecular formula is C30H40O5P+. The number of ether oxygens (including phenoxy) is 2. The van der Waals surface area contributed by atoms with E-state index in [1.165, 1.54) is 0 Å². The summed E-state index contributed by atoms with van der Waals surface area (Å²) in [6.07, 6.45) is 3.29. The molecular weight excluding hydrogens is 471 g/mol. The molecule has 1 aliphatic carbocycles. The van der Waals surface area contributed by atoms with Crippen molar-refractivity contribution in [2.24, 2.45) is 0 Å². The molecule has 0 heterocycles. The number of aryl methyl sites for hydroxylation is 2. The molecule has 0 N–H and O–H groups in total. The molecule has 3 rings (SSSR count). The van der Waals surface area contributed by atoms with Crippen LogP contribution in [0.1, 0.15) is 104 Å². The zero-order chi connectivity index (χ0) is 26.7. The van der Waals surface area contributed by atoms with Crippen molar-refractivity contribution in [1.82, 2.24) is 0 Å². The molecule has 1 saturated carbocycles. The van der Waals surface area contributed by atoms with Gasteiger partial charge in [-0.3, -0.25) is 4.79 Å². The predicted octanol–water partition coefficient (Wildman–Crippen LogP) is 7.95. The van der Waals surface area contributed by atoms with Gasteiger partial charge in [-0.1, -0.05) is 50.0 Å². The molecule has 1 fully saturated rings. The molecule has 0 aromatic heterocycles. The summed E-state index contributed by atoms with van der Waals surface area (Å²) in [5, 5.41) is -1.27. The Morgan fingerprint density at radius 3 is 1.83 bits per heavy atom. The highest BCUT2D eigenvalue weighted by Gasteiger charge is 2.61. The number of ketones is 1. The second kappa shape index (κ2) is 11.3. The number of benzene rings is 2. The highest BCUT2D eigenvalue weighted by atomic mass is 31.1. The summed E-state index contributed by atoms with van der Waals surface area (Å²) in [6, 6.07) is 9.29. The Balaban J connectivity index is 2.13. The van der Waals surface area contributed by atoms with E-state index in [4.69, 9.17) is 9.47 Å². The third kappa shape index (κ3) is 5.42. The number of carbonyl (C=O) groups excluding carboxylic acids is 2. The zero-order valence-electron chi connectivity index (χ0n) is 22.8. The molecule has 1 aliphatic rings. The van der Waals surface area contributed by atoms with Crippen LogP contribution >= 0.6 is 7.80 Å². The average Bonchev–Trinajstić information content (AvgIpc) is 2.83. The SMILES string of the molecule is CCOc1cccc(OCC)c1C(=O)C1([P+](=O)C(=O)c2c(C)cc(C(C)(C)C)cc2C)CCCCC1. The Morgan fingerprint density at radius 2 is 1.39 bits per heavy atom. The number of hydrogen-bond acceptors (Lipinski definition) is 5.